The highest BCUT2D eigenvalue weighted by Crippen LogP contribution is 2.33. The van der Waals surface area contributed by atoms with Crippen LogP contribution >= 0.6 is 11.8 Å². The quantitative estimate of drug-likeness (QED) is 0.936. The number of hydrogen-bond donors (Lipinski definition) is 1. The second-order valence-corrected chi connectivity index (χ2v) is 6.25. The van der Waals surface area contributed by atoms with Crippen LogP contribution in [-0.2, 0) is 0 Å². The normalized spacial score (nSPS) is 21.7. The zero-order valence-electron chi connectivity index (χ0n) is 12.4. The van der Waals surface area contributed by atoms with E-state index in [1.165, 1.54) is 0 Å². The summed E-state index contributed by atoms with van der Waals surface area (Å²) in [6.45, 7) is 2.01. The van der Waals surface area contributed by atoms with Gasteiger partial charge in [0.15, 0.2) is 0 Å². The number of ether oxygens (including phenoxy) is 1. The first kappa shape index (κ1) is 14.4. The first-order chi connectivity index (χ1) is 10.2. The summed E-state index contributed by atoms with van der Waals surface area (Å²) < 4.78 is 10.8. The molecule has 0 aliphatic carbocycles. The van der Waals surface area contributed by atoms with Gasteiger partial charge in [0.1, 0.15) is 5.75 Å². The molecule has 2 heterocycles. The van der Waals surface area contributed by atoms with E-state index in [4.69, 9.17) is 9.26 Å². The monoisotopic (exact) mass is 305 g/mol. The Balaban J connectivity index is 1.86. The van der Waals surface area contributed by atoms with E-state index in [1.54, 1.807) is 7.11 Å². The largest absolute Gasteiger partial charge is 0.496 e. The van der Waals surface area contributed by atoms with Gasteiger partial charge in [0.25, 0.3) is 0 Å². The van der Waals surface area contributed by atoms with Crippen LogP contribution in [0.2, 0.25) is 0 Å². The van der Waals surface area contributed by atoms with Gasteiger partial charge in [-0.15, -0.1) is 0 Å². The zero-order chi connectivity index (χ0) is 14.8. The Bertz CT molecular complexity index is 629. The first-order valence-corrected chi connectivity index (χ1v) is 8.12. The molecule has 3 rings (SSSR count). The Labute approximate surface area is 128 Å². The molecule has 0 spiro atoms. The van der Waals surface area contributed by atoms with Crippen molar-refractivity contribution in [3.05, 3.63) is 29.7 Å². The molecule has 0 bridgehead atoms. The summed E-state index contributed by atoms with van der Waals surface area (Å²) in [7, 11) is 3.65. The van der Waals surface area contributed by atoms with Crippen molar-refractivity contribution >= 4 is 11.8 Å². The summed E-state index contributed by atoms with van der Waals surface area (Å²) in [6.07, 6.45) is 0. The fraction of sp³-hybridized carbons (Fsp3) is 0.467. The minimum Gasteiger partial charge on any atom is -0.496 e. The summed E-state index contributed by atoms with van der Waals surface area (Å²) in [5, 5.41) is 7.45. The number of aromatic nitrogens is 2. The molecule has 112 valence electrons. The summed E-state index contributed by atoms with van der Waals surface area (Å²) in [5.41, 5.74) is 2.01. The maximum atomic E-state index is 5.49. The van der Waals surface area contributed by atoms with Gasteiger partial charge in [-0.2, -0.15) is 16.7 Å². The topological polar surface area (TPSA) is 60.2 Å². The summed E-state index contributed by atoms with van der Waals surface area (Å²) in [4.78, 5) is 4.59. The number of nitrogens with one attached hydrogen (secondary N) is 1. The number of rotatable bonds is 4. The lowest BCUT2D eigenvalue weighted by Gasteiger charge is -2.13. The second-order valence-electron chi connectivity index (χ2n) is 5.18. The molecule has 21 heavy (non-hydrogen) atoms. The number of nitrogens with zero attached hydrogens (tertiary/aromatic N) is 2. The predicted molar refractivity (Wildman–Crippen MR) is 83.9 cm³/mol. The highest BCUT2D eigenvalue weighted by molar-refractivity contribution is 7.99. The molecular formula is C15H19N3O2S. The van der Waals surface area contributed by atoms with E-state index in [9.17, 15) is 0 Å². The Kier molecular flexibility index (Phi) is 4.17. The fourth-order valence-corrected chi connectivity index (χ4v) is 4.02. The molecule has 6 heteroatoms. The second kappa shape index (κ2) is 6.07. The van der Waals surface area contributed by atoms with E-state index in [1.807, 2.05) is 43.9 Å². The van der Waals surface area contributed by atoms with Gasteiger partial charge in [-0.05, 0) is 37.7 Å². The molecule has 1 aromatic carbocycles. The van der Waals surface area contributed by atoms with Crippen molar-refractivity contribution in [2.75, 3.05) is 25.7 Å². The third-order valence-corrected chi connectivity index (χ3v) is 5.05. The van der Waals surface area contributed by atoms with Crippen molar-refractivity contribution in [1.82, 2.24) is 15.5 Å². The molecular weight excluding hydrogens is 286 g/mol. The lowest BCUT2D eigenvalue weighted by molar-refractivity contribution is 0.344. The average Bonchev–Trinajstić information content (AvgIpc) is 3.15. The number of benzene rings is 1. The Morgan fingerprint density at radius 3 is 2.95 bits per heavy atom. The minimum atomic E-state index is 0.292. The highest BCUT2D eigenvalue weighted by atomic mass is 32.2. The van der Waals surface area contributed by atoms with Gasteiger partial charge in [-0.3, -0.25) is 0 Å². The van der Waals surface area contributed by atoms with Crippen LogP contribution in [0, 0.1) is 6.92 Å². The molecule has 1 saturated heterocycles. The molecule has 0 radical (unpaired) electrons. The molecule has 2 aromatic rings. The summed E-state index contributed by atoms with van der Waals surface area (Å²) in [6, 6.07) is 6.31. The van der Waals surface area contributed by atoms with Crippen molar-refractivity contribution in [2.45, 2.75) is 18.9 Å². The highest BCUT2D eigenvalue weighted by Gasteiger charge is 2.32. The van der Waals surface area contributed by atoms with E-state index in [0.29, 0.717) is 17.8 Å². The van der Waals surface area contributed by atoms with Crippen LogP contribution in [0.4, 0.5) is 0 Å². The number of likely N-dealkylation sites (N-methyl/N-ethyl adjacent to an activating group) is 1. The van der Waals surface area contributed by atoms with Gasteiger partial charge in [-0.1, -0.05) is 5.16 Å². The maximum Gasteiger partial charge on any atom is 0.232 e. The van der Waals surface area contributed by atoms with Crippen LogP contribution in [0.3, 0.4) is 0 Å². The van der Waals surface area contributed by atoms with Gasteiger partial charge in [0, 0.05) is 23.1 Å². The molecule has 0 saturated carbocycles. The molecule has 1 fully saturated rings. The van der Waals surface area contributed by atoms with E-state index in [2.05, 4.69) is 15.5 Å². The molecule has 1 aliphatic rings. The number of hydrogen-bond acceptors (Lipinski definition) is 6. The SMILES string of the molecule is CNC1CSCC1c1nc(-c2ccc(OC)c(C)c2)no1. The molecule has 2 atom stereocenters. The smallest absolute Gasteiger partial charge is 0.232 e. The van der Waals surface area contributed by atoms with Gasteiger partial charge in [0.2, 0.25) is 11.7 Å². The Hall–Kier alpha value is -1.53. The predicted octanol–water partition coefficient (Wildman–Crippen LogP) is 2.47. The maximum absolute atomic E-state index is 5.49. The van der Waals surface area contributed by atoms with Crippen LogP contribution in [0.5, 0.6) is 5.75 Å². The van der Waals surface area contributed by atoms with E-state index >= 15 is 0 Å². The third-order valence-electron chi connectivity index (χ3n) is 3.86. The van der Waals surface area contributed by atoms with E-state index < -0.39 is 0 Å². The number of methoxy groups -OCH3 is 1. The lowest BCUT2D eigenvalue weighted by atomic mass is 10.0. The van der Waals surface area contributed by atoms with E-state index in [0.717, 1.165) is 34.3 Å². The molecule has 2 unspecified atom stereocenters. The van der Waals surface area contributed by atoms with Crippen LogP contribution in [0.25, 0.3) is 11.4 Å². The van der Waals surface area contributed by atoms with E-state index in [-0.39, 0.29) is 0 Å². The van der Waals surface area contributed by atoms with Crippen LogP contribution in [0.1, 0.15) is 17.4 Å². The van der Waals surface area contributed by atoms with Crippen LogP contribution < -0.4 is 10.1 Å². The first-order valence-electron chi connectivity index (χ1n) is 6.96. The van der Waals surface area contributed by atoms with Crippen LogP contribution in [-0.4, -0.2) is 41.8 Å². The zero-order valence-corrected chi connectivity index (χ0v) is 13.2. The fourth-order valence-electron chi connectivity index (χ4n) is 2.60. The van der Waals surface area contributed by atoms with Crippen molar-refractivity contribution in [3.8, 4) is 17.1 Å². The van der Waals surface area contributed by atoms with Crippen molar-refractivity contribution in [1.29, 1.82) is 0 Å². The minimum absolute atomic E-state index is 0.292. The third kappa shape index (κ3) is 2.78. The van der Waals surface area contributed by atoms with Crippen molar-refractivity contribution < 1.29 is 9.26 Å². The van der Waals surface area contributed by atoms with Gasteiger partial charge in [-0.25, -0.2) is 0 Å². The molecule has 1 aliphatic heterocycles. The van der Waals surface area contributed by atoms with Crippen LogP contribution in [0.15, 0.2) is 22.7 Å². The van der Waals surface area contributed by atoms with Crippen molar-refractivity contribution in [3.63, 3.8) is 0 Å². The van der Waals surface area contributed by atoms with Crippen molar-refractivity contribution in [2.24, 2.45) is 0 Å². The number of thioether (sulfide) groups is 1. The molecule has 1 aromatic heterocycles. The molecule has 0 amide bonds. The van der Waals surface area contributed by atoms with Gasteiger partial charge >= 0.3 is 0 Å². The Morgan fingerprint density at radius 1 is 1.38 bits per heavy atom. The average molecular weight is 305 g/mol. The number of aryl methyl sites for hydroxylation is 1. The summed E-state index contributed by atoms with van der Waals surface area (Å²) in [5.74, 6) is 4.63. The summed E-state index contributed by atoms with van der Waals surface area (Å²) >= 11 is 1.92. The van der Waals surface area contributed by atoms with Gasteiger partial charge < -0.3 is 14.6 Å². The van der Waals surface area contributed by atoms with Gasteiger partial charge in [0.05, 0.1) is 13.0 Å². The standard InChI is InChI=1S/C15H19N3O2S/c1-9-6-10(4-5-13(9)19-3)14-17-15(20-18-14)11-7-21-8-12(11)16-2/h4-6,11-12,16H,7-8H2,1-3H3. The molecule has 1 N–H and O–H groups in total. The lowest BCUT2D eigenvalue weighted by Crippen LogP contribution is -2.31. The Morgan fingerprint density at radius 2 is 2.24 bits per heavy atom. The molecule has 5 nitrogen and oxygen atoms in total.